The molecule has 0 bridgehead atoms. The third-order valence-electron chi connectivity index (χ3n) is 13.7. The second-order valence-electron chi connectivity index (χ2n) is 17.8. The number of para-hydroxylation sites is 2. The van der Waals surface area contributed by atoms with Crippen LogP contribution in [0.3, 0.4) is 0 Å². The standard InChI is InChI=1S/C61H50N2/c1-5-41(2)42-20-22-45(23-21-42)47-30-36-59-55(38-47)56-39-48(31-37-60(56)63(59)50-16-10-7-11-17-50)46-26-24-43(25-27-46)44-28-32-51(33-29-44)62(49-14-8-6-9-15-49)52-34-35-54-53-18-12-13-19-57(53)61(3,4)58(54)40-52/h6-41H,5H2,1-4H3. The van der Waals surface area contributed by atoms with E-state index in [0.29, 0.717) is 5.92 Å². The van der Waals surface area contributed by atoms with Crippen LogP contribution in [0.1, 0.15) is 56.7 Å². The Hall–Kier alpha value is -7.42. The summed E-state index contributed by atoms with van der Waals surface area (Å²) in [5.41, 5.74) is 21.0. The zero-order chi connectivity index (χ0) is 42.7. The van der Waals surface area contributed by atoms with Gasteiger partial charge in [0.25, 0.3) is 0 Å². The van der Waals surface area contributed by atoms with E-state index in [-0.39, 0.29) is 5.41 Å². The van der Waals surface area contributed by atoms with Crippen LogP contribution in [0.2, 0.25) is 0 Å². The summed E-state index contributed by atoms with van der Waals surface area (Å²) in [6.45, 7) is 9.26. The lowest BCUT2D eigenvalue weighted by molar-refractivity contribution is 0.660. The van der Waals surface area contributed by atoms with Crippen molar-refractivity contribution in [3.05, 3.63) is 229 Å². The van der Waals surface area contributed by atoms with Gasteiger partial charge in [0.15, 0.2) is 0 Å². The van der Waals surface area contributed by atoms with Gasteiger partial charge < -0.3 is 9.47 Å². The molecule has 0 radical (unpaired) electrons. The first-order valence-electron chi connectivity index (χ1n) is 22.4. The average molecular weight is 811 g/mol. The molecule has 9 aromatic carbocycles. The molecular formula is C61H50N2. The number of anilines is 3. The van der Waals surface area contributed by atoms with Gasteiger partial charge in [-0.1, -0.05) is 167 Å². The fourth-order valence-corrected chi connectivity index (χ4v) is 9.99. The van der Waals surface area contributed by atoms with E-state index in [1.165, 1.54) is 88.7 Å². The van der Waals surface area contributed by atoms with Gasteiger partial charge in [0.1, 0.15) is 0 Å². The van der Waals surface area contributed by atoms with E-state index in [9.17, 15) is 0 Å². The van der Waals surface area contributed by atoms with Crippen LogP contribution < -0.4 is 4.90 Å². The third-order valence-corrected chi connectivity index (χ3v) is 13.7. The predicted molar refractivity (Wildman–Crippen MR) is 268 cm³/mol. The lowest BCUT2D eigenvalue weighted by atomic mass is 9.82. The number of hydrogen-bond acceptors (Lipinski definition) is 1. The van der Waals surface area contributed by atoms with E-state index in [0.717, 1.165) is 23.5 Å². The molecule has 0 amide bonds. The molecule has 10 aromatic rings. The van der Waals surface area contributed by atoms with Crippen LogP contribution in [0.25, 0.3) is 72.0 Å². The highest BCUT2D eigenvalue weighted by Crippen LogP contribution is 2.50. The monoisotopic (exact) mass is 810 g/mol. The fourth-order valence-electron chi connectivity index (χ4n) is 9.99. The Morgan fingerprint density at radius 1 is 0.429 bits per heavy atom. The molecule has 304 valence electrons. The average Bonchev–Trinajstić information content (AvgIpc) is 3.79. The summed E-state index contributed by atoms with van der Waals surface area (Å²) in [5.74, 6) is 0.558. The molecule has 1 atom stereocenters. The fraction of sp³-hybridized carbons (Fsp3) is 0.115. The highest BCUT2D eigenvalue weighted by molar-refractivity contribution is 6.11. The van der Waals surface area contributed by atoms with Gasteiger partial charge in [0, 0.05) is 38.9 Å². The van der Waals surface area contributed by atoms with Gasteiger partial charge in [0.2, 0.25) is 0 Å². The molecule has 11 rings (SSSR count). The maximum absolute atomic E-state index is 2.40. The Morgan fingerprint density at radius 3 is 1.49 bits per heavy atom. The van der Waals surface area contributed by atoms with E-state index >= 15 is 0 Å². The second-order valence-corrected chi connectivity index (χ2v) is 17.8. The first-order chi connectivity index (χ1) is 30.9. The molecule has 0 saturated heterocycles. The second kappa shape index (κ2) is 15.5. The van der Waals surface area contributed by atoms with Crippen molar-refractivity contribution < 1.29 is 0 Å². The molecule has 0 N–H and O–H groups in total. The Morgan fingerprint density at radius 2 is 0.889 bits per heavy atom. The molecule has 0 saturated carbocycles. The minimum Gasteiger partial charge on any atom is -0.310 e. The van der Waals surface area contributed by atoms with Crippen molar-refractivity contribution in [2.45, 2.75) is 45.4 Å². The number of fused-ring (bicyclic) bond motifs is 6. The van der Waals surface area contributed by atoms with E-state index in [1.54, 1.807) is 0 Å². The SMILES string of the molecule is CCC(C)c1ccc(-c2ccc3c(c2)c2cc(-c4ccc(-c5ccc(N(c6ccccc6)c6ccc7c(c6)C(C)(C)c6ccccc6-7)cc5)cc4)ccc2n3-c2ccccc2)cc1. The summed E-state index contributed by atoms with van der Waals surface area (Å²) in [4.78, 5) is 2.38. The molecule has 1 heterocycles. The van der Waals surface area contributed by atoms with Crippen LogP contribution in [0.4, 0.5) is 17.1 Å². The van der Waals surface area contributed by atoms with Crippen LogP contribution >= 0.6 is 0 Å². The Kier molecular flexibility index (Phi) is 9.46. The molecule has 0 aliphatic heterocycles. The van der Waals surface area contributed by atoms with Crippen LogP contribution in [-0.2, 0) is 5.41 Å². The molecule has 0 fully saturated rings. The third kappa shape index (κ3) is 6.65. The smallest absolute Gasteiger partial charge is 0.0541 e. The number of benzene rings is 9. The zero-order valence-electron chi connectivity index (χ0n) is 36.4. The summed E-state index contributed by atoms with van der Waals surface area (Å²) in [6, 6.07) is 78.5. The van der Waals surface area contributed by atoms with Crippen molar-refractivity contribution in [1.29, 1.82) is 0 Å². The number of hydrogen-bond donors (Lipinski definition) is 0. The number of rotatable bonds is 9. The maximum Gasteiger partial charge on any atom is 0.0541 e. The molecule has 0 spiro atoms. The van der Waals surface area contributed by atoms with Gasteiger partial charge in [-0.15, -0.1) is 0 Å². The van der Waals surface area contributed by atoms with Crippen LogP contribution in [-0.4, -0.2) is 4.57 Å². The van der Waals surface area contributed by atoms with Crippen LogP contribution in [0, 0.1) is 0 Å². The zero-order valence-corrected chi connectivity index (χ0v) is 36.4. The van der Waals surface area contributed by atoms with Gasteiger partial charge >= 0.3 is 0 Å². The quantitative estimate of drug-likeness (QED) is 0.141. The molecule has 2 nitrogen and oxygen atoms in total. The first-order valence-corrected chi connectivity index (χ1v) is 22.4. The number of nitrogens with zero attached hydrogens (tertiary/aromatic N) is 2. The molecule has 1 aliphatic rings. The molecule has 1 aromatic heterocycles. The van der Waals surface area contributed by atoms with Crippen LogP contribution in [0.15, 0.2) is 212 Å². The van der Waals surface area contributed by atoms with Crippen molar-refractivity contribution in [1.82, 2.24) is 4.57 Å². The van der Waals surface area contributed by atoms with Crippen molar-refractivity contribution in [2.24, 2.45) is 0 Å². The summed E-state index contributed by atoms with van der Waals surface area (Å²) < 4.78 is 2.40. The lowest BCUT2D eigenvalue weighted by Gasteiger charge is -2.28. The normalized spacial score (nSPS) is 13.2. The molecule has 1 aliphatic carbocycles. The van der Waals surface area contributed by atoms with Gasteiger partial charge in [-0.05, 0) is 146 Å². The van der Waals surface area contributed by atoms with Crippen molar-refractivity contribution in [2.75, 3.05) is 4.90 Å². The largest absolute Gasteiger partial charge is 0.310 e. The van der Waals surface area contributed by atoms with Crippen molar-refractivity contribution in [3.63, 3.8) is 0 Å². The van der Waals surface area contributed by atoms with E-state index in [2.05, 4.69) is 249 Å². The van der Waals surface area contributed by atoms with Gasteiger partial charge in [0.05, 0.1) is 11.0 Å². The molecule has 2 heteroatoms. The summed E-state index contributed by atoms with van der Waals surface area (Å²) >= 11 is 0. The van der Waals surface area contributed by atoms with E-state index < -0.39 is 0 Å². The van der Waals surface area contributed by atoms with Crippen molar-refractivity contribution in [3.8, 4) is 50.2 Å². The van der Waals surface area contributed by atoms with E-state index in [1.807, 2.05) is 0 Å². The minimum absolute atomic E-state index is 0.0727. The highest BCUT2D eigenvalue weighted by Gasteiger charge is 2.35. The molecule has 63 heavy (non-hydrogen) atoms. The van der Waals surface area contributed by atoms with Crippen LogP contribution in [0.5, 0.6) is 0 Å². The highest BCUT2D eigenvalue weighted by atomic mass is 15.1. The lowest BCUT2D eigenvalue weighted by Crippen LogP contribution is -2.16. The Bertz CT molecular complexity index is 3260. The summed E-state index contributed by atoms with van der Waals surface area (Å²) in [5, 5.41) is 2.51. The van der Waals surface area contributed by atoms with Gasteiger partial charge in [-0.3, -0.25) is 0 Å². The number of aromatic nitrogens is 1. The topological polar surface area (TPSA) is 8.17 Å². The first kappa shape index (κ1) is 38.5. The Balaban J connectivity index is 0.922. The van der Waals surface area contributed by atoms with Crippen molar-refractivity contribution >= 4 is 38.9 Å². The van der Waals surface area contributed by atoms with Gasteiger partial charge in [-0.25, -0.2) is 0 Å². The Labute approximate surface area is 371 Å². The minimum atomic E-state index is -0.0727. The van der Waals surface area contributed by atoms with Gasteiger partial charge in [-0.2, -0.15) is 0 Å². The molecule has 1 unspecified atom stereocenters. The molecular weight excluding hydrogens is 761 g/mol. The van der Waals surface area contributed by atoms with E-state index in [4.69, 9.17) is 0 Å². The maximum atomic E-state index is 2.40. The summed E-state index contributed by atoms with van der Waals surface area (Å²) in [7, 11) is 0. The summed E-state index contributed by atoms with van der Waals surface area (Å²) in [6.07, 6.45) is 1.14. The predicted octanol–water partition coefficient (Wildman–Crippen LogP) is 17.1.